The fourth-order valence-corrected chi connectivity index (χ4v) is 1.33. The quantitative estimate of drug-likeness (QED) is 0.760. The van der Waals surface area contributed by atoms with Crippen molar-refractivity contribution in [2.24, 2.45) is 0 Å². The van der Waals surface area contributed by atoms with Crippen LogP contribution in [0, 0.1) is 0 Å². The molecule has 1 saturated carbocycles. The molecule has 1 aromatic rings. The highest BCUT2D eigenvalue weighted by Gasteiger charge is 2.28. The Balaban J connectivity index is 0.000000531. The molecule has 0 spiro atoms. The minimum absolute atomic E-state index is 0.125. The van der Waals surface area contributed by atoms with Gasteiger partial charge in [0.1, 0.15) is 6.10 Å². The maximum Gasteiger partial charge on any atom is 0.161 e. The minimum atomic E-state index is -0.125. The van der Waals surface area contributed by atoms with Gasteiger partial charge in [0.15, 0.2) is 5.78 Å². The van der Waals surface area contributed by atoms with Crippen LogP contribution in [0.2, 0.25) is 0 Å². The van der Waals surface area contributed by atoms with Crippen molar-refractivity contribution in [3.05, 3.63) is 35.9 Å². The van der Waals surface area contributed by atoms with E-state index in [-0.39, 0.29) is 11.9 Å². The summed E-state index contributed by atoms with van der Waals surface area (Å²) in [7, 11) is 0. The Morgan fingerprint density at radius 1 is 1.27 bits per heavy atom. The zero-order chi connectivity index (χ0) is 11.1. The van der Waals surface area contributed by atoms with Crippen LogP contribution >= 0.6 is 0 Å². The third-order valence-electron chi connectivity index (χ3n) is 2.31. The van der Waals surface area contributed by atoms with Crippen LogP contribution in [0.15, 0.2) is 30.3 Å². The smallest absolute Gasteiger partial charge is 0.161 e. The maximum atomic E-state index is 10.9. The summed E-state index contributed by atoms with van der Waals surface area (Å²) in [6.45, 7) is 4.55. The van der Waals surface area contributed by atoms with Gasteiger partial charge in [-0.15, -0.1) is 0 Å². The van der Waals surface area contributed by atoms with Gasteiger partial charge >= 0.3 is 0 Å². The predicted molar refractivity (Wildman–Crippen MR) is 60.6 cm³/mol. The lowest BCUT2D eigenvalue weighted by Gasteiger charge is -2.23. The number of carbonyl (C=O) groups is 1. The van der Waals surface area contributed by atoms with E-state index in [1.165, 1.54) is 0 Å². The fourth-order valence-electron chi connectivity index (χ4n) is 1.33. The average Bonchev–Trinajstić information content (AvgIpc) is 2.31. The molecule has 0 bridgehead atoms. The van der Waals surface area contributed by atoms with Crippen LogP contribution in [0.1, 0.15) is 32.3 Å². The van der Waals surface area contributed by atoms with E-state index in [0.717, 1.165) is 12.0 Å². The molecule has 1 atom stereocenters. The average molecular weight is 206 g/mol. The summed E-state index contributed by atoms with van der Waals surface area (Å²) < 4.78 is 5.43. The topological polar surface area (TPSA) is 26.3 Å². The summed E-state index contributed by atoms with van der Waals surface area (Å²) in [5.41, 5.74) is 1.13. The van der Waals surface area contributed by atoms with E-state index in [1.54, 1.807) is 0 Å². The number of ketones is 1. The number of hydrogen-bond donors (Lipinski definition) is 0. The number of benzene rings is 1. The highest BCUT2D eigenvalue weighted by Crippen LogP contribution is 2.19. The molecule has 0 aliphatic heterocycles. The van der Waals surface area contributed by atoms with Crippen molar-refractivity contribution in [1.82, 2.24) is 0 Å². The second kappa shape index (κ2) is 6.36. The normalized spacial score (nSPS) is 18.8. The highest BCUT2D eigenvalue weighted by atomic mass is 16.5. The first-order valence-corrected chi connectivity index (χ1v) is 5.54. The molecular formula is C13H18O2. The molecule has 0 saturated heterocycles. The maximum absolute atomic E-state index is 10.9. The van der Waals surface area contributed by atoms with Gasteiger partial charge in [0.2, 0.25) is 0 Å². The van der Waals surface area contributed by atoms with Gasteiger partial charge in [-0.25, -0.2) is 0 Å². The standard InChI is InChI=1S/C11H12O2.C2H6/c12-10-6-7-11(10)13-8-9-4-2-1-3-5-9;1-2/h1-5,11H,6-8H2;1-2H3. The van der Waals surface area contributed by atoms with E-state index in [9.17, 15) is 4.79 Å². The van der Waals surface area contributed by atoms with E-state index >= 15 is 0 Å². The lowest BCUT2D eigenvalue weighted by atomic mass is 9.94. The SMILES string of the molecule is CC.O=C1CCC1OCc1ccccc1. The van der Waals surface area contributed by atoms with Crippen molar-refractivity contribution in [1.29, 1.82) is 0 Å². The lowest BCUT2D eigenvalue weighted by molar-refractivity contribution is -0.141. The predicted octanol–water partition coefficient (Wildman–Crippen LogP) is 2.96. The van der Waals surface area contributed by atoms with Crippen LogP contribution in [0.25, 0.3) is 0 Å². The first kappa shape index (κ1) is 11.9. The van der Waals surface area contributed by atoms with Crippen LogP contribution in [0.3, 0.4) is 0 Å². The van der Waals surface area contributed by atoms with Gasteiger partial charge in [-0.05, 0) is 12.0 Å². The largest absolute Gasteiger partial charge is 0.366 e. The molecule has 0 aromatic heterocycles. The van der Waals surface area contributed by atoms with Gasteiger partial charge in [-0.3, -0.25) is 4.79 Å². The third kappa shape index (κ3) is 3.48. The molecular weight excluding hydrogens is 188 g/mol. The highest BCUT2D eigenvalue weighted by molar-refractivity contribution is 5.88. The summed E-state index contributed by atoms with van der Waals surface area (Å²) in [5.74, 6) is 0.246. The number of ether oxygens (including phenoxy) is 1. The van der Waals surface area contributed by atoms with Crippen molar-refractivity contribution < 1.29 is 9.53 Å². The molecule has 82 valence electrons. The second-order valence-electron chi connectivity index (χ2n) is 3.29. The van der Waals surface area contributed by atoms with Gasteiger partial charge in [0.25, 0.3) is 0 Å². The van der Waals surface area contributed by atoms with Gasteiger partial charge in [-0.1, -0.05) is 44.2 Å². The molecule has 1 fully saturated rings. The summed E-state index contributed by atoms with van der Waals surface area (Å²) in [6.07, 6.45) is 1.46. The molecule has 1 aliphatic carbocycles. The number of Topliss-reactive ketones (excluding diaryl/α,β-unsaturated/α-hetero) is 1. The van der Waals surface area contributed by atoms with Crippen LogP contribution in [0.4, 0.5) is 0 Å². The van der Waals surface area contributed by atoms with Crippen molar-refractivity contribution in [3.8, 4) is 0 Å². The van der Waals surface area contributed by atoms with Crippen LogP contribution < -0.4 is 0 Å². The van der Waals surface area contributed by atoms with Crippen molar-refractivity contribution in [2.75, 3.05) is 0 Å². The minimum Gasteiger partial charge on any atom is -0.366 e. The Kier molecular flexibility index (Phi) is 5.05. The molecule has 0 amide bonds. The Labute approximate surface area is 91.3 Å². The molecule has 1 aliphatic rings. The molecule has 2 heteroatoms. The summed E-state index contributed by atoms with van der Waals surface area (Å²) in [4.78, 5) is 10.9. The fraction of sp³-hybridized carbons (Fsp3) is 0.462. The monoisotopic (exact) mass is 206 g/mol. The second-order valence-corrected chi connectivity index (χ2v) is 3.29. The molecule has 0 N–H and O–H groups in total. The molecule has 15 heavy (non-hydrogen) atoms. The summed E-state index contributed by atoms with van der Waals surface area (Å²) in [5, 5.41) is 0. The first-order valence-electron chi connectivity index (χ1n) is 5.54. The third-order valence-corrected chi connectivity index (χ3v) is 2.31. The zero-order valence-corrected chi connectivity index (χ0v) is 9.40. The van der Waals surface area contributed by atoms with Gasteiger partial charge < -0.3 is 4.74 Å². The van der Waals surface area contributed by atoms with E-state index in [4.69, 9.17) is 4.74 Å². The Morgan fingerprint density at radius 2 is 1.93 bits per heavy atom. The molecule has 2 rings (SSSR count). The van der Waals surface area contributed by atoms with Crippen LogP contribution in [-0.4, -0.2) is 11.9 Å². The summed E-state index contributed by atoms with van der Waals surface area (Å²) >= 11 is 0. The molecule has 1 aromatic carbocycles. The lowest BCUT2D eigenvalue weighted by Crippen LogP contribution is -2.33. The van der Waals surface area contributed by atoms with E-state index in [2.05, 4.69) is 0 Å². The zero-order valence-electron chi connectivity index (χ0n) is 9.40. The van der Waals surface area contributed by atoms with Crippen molar-refractivity contribution in [3.63, 3.8) is 0 Å². The van der Waals surface area contributed by atoms with Crippen molar-refractivity contribution in [2.45, 2.75) is 39.4 Å². The van der Waals surface area contributed by atoms with E-state index in [1.807, 2.05) is 44.2 Å². The van der Waals surface area contributed by atoms with Crippen molar-refractivity contribution >= 4 is 5.78 Å². The molecule has 0 heterocycles. The van der Waals surface area contributed by atoms with Gasteiger partial charge in [-0.2, -0.15) is 0 Å². The van der Waals surface area contributed by atoms with E-state index in [0.29, 0.717) is 13.0 Å². The number of hydrogen-bond acceptors (Lipinski definition) is 2. The Bertz CT molecular complexity index is 293. The van der Waals surface area contributed by atoms with Gasteiger partial charge in [0, 0.05) is 6.42 Å². The number of carbonyl (C=O) groups excluding carboxylic acids is 1. The summed E-state index contributed by atoms with van der Waals surface area (Å²) in [6, 6.07) is 9.92. The number of rotatable bonds is 3. The van der Waals surface area contributed by atoms with Crippen LogP contribution in [0.5, 0.6) is 0 Å². The molecule has 1 unspecified atom stereocenters. The van der Waals surface area contributed by atoms with Gasteiger partial charge in [0.05, 0.1) is 6.61 Å². The van der Waals surface area contributed by atoms with Crippen LogP contribution in [-0.2, 0) is 16.1 Å². The molecule has 2 nitrogen and oxygen atoms in total. The van der Waals surface area contributed by atoms with E-state index < -0.39 is 0 Å². The Hall–Kier alpha value is -1.15. The molecule has 0 radical (unpaired) electrons. The first-order chi connectivity index (χ1) is 7.36. The Morgan fingerprint density at radius 3 is 2.40 bits per heavy atom.